The normalized spacial score (nSPS) is 20.9. The van der Waals surface area contributed by atoms with Gasteiger partial charge in [0, 0.05) is 32.2 Å². The van der Waals surface area contributed by atoms with Gasteiger partial charge in [-0.15, -0.1) is 16.6 Å². The second-order valence-corrected chi connectivity index (χ2v) is 12.4. The predicted octanol–water partition coefficient (Wildman–Crippen LogP) is 4.55. The Labute approximate surface area is 258 Å². The molecule has 3 aliphatic rings. The molecule has 0 radical (unpaired) electrons. The molecule has 1 unspecified atom stereocenters. The van der Waals surface area contributed by atoms with Crippen molar-refractivity contribution in [3.05, 3.63) is 59.2 Å². The van der Waals surface area contributed by atoms with E-state index >= 15 is 0 Å². The number of phenolic OH excluding ortho intramolecular Hbond substituents is 1. The first-order valence-corrected chi connectivity index (χ1v) is 16.4. The number of benzene rings is 1. The summed E-state index contributed by atoms with van der Waals surface area (Å²) in [7, 11) is 1.98. The number of aryl methyl sites for hydroxylation is 1. The Morgan fingerprint density at radius 2 is 2.02 bits per heavy atom. The first-order valence-electron chi connectivity index (χ1n) is 16.4. The van der Waals surface area contributed by atoms with Crippen LogP contribution in [0.15, 0.2) is 46.6 Å². The van der Waals surface area contributed by atoms with Crippen molar-refractivity contribution >= 4 is 6.21 Å². The molecule has 8 heteroatoms. The molecule has 238 valence electrons. The van der Waals surface area contributed by atoms with Crippen LogP contribution in [0.25, 0.3) is 0 Å². The average Bonchev–Trinajstić information content (AvgIpc) is 3.77. The van der Waals surface area contributed by atoms with E-state index in [1.165, 1.54) is 31.6 Å². The summed E-state index contributed by atoms with van der Waals surface area (Å²) in [5.74, 6) is 2.84. The maximum atomic E-state index is 10.5. The Hall–Kier alpha value is -2.49. The van der Waals surface area contributed by atoms with E-state index in [2.05, 4.69) is 29.7 Å². The molecule has 1 fully saturated rings. The van der Waals surface area contributed by atoms with Gasteiger partial charge >= 0.3 is 0 Å². The highest BCUT2D eigenvalue weighted by atomic mass is 16.5. The first-order chi connectivity index (χ1) is 20.9. The fourth-order valence-corrected chi connectivity index (χ4v) is 6.69. The van der Waals surface area contributed by atoms with Crippen molar-refractivity contribution in [3.63, 3.8) is 0 Å². The summed E-state index contributed by atoms with van der Waals surface area (Å²) in [5, 5.41) is 37.1. The SMILES string of the molecule is CCCCC1[OH+][C-](CCc2ccc(O)c(OCCC3=C[C+]([C@H](C4CCCC4)[C@H](CNC)NC[C@H](C)O)C=N3)c2)C=C1CO. The summed E-state index contributed by atoms with van der Waals surface area (Å²) in [6, 6.07) is 5.78. The quantitative estimate of drug-likeness (QED) is 0.118. The topological polar surface area (TPSA) is 119 Å². The van der Waals surface area contributed by atoms with E-state index in [1.54, 1.807) is 6.07 Å². The van der Waals surface area contributed by atoms with Crippen LogP contribution < -0.4 is 15.4 Å². The molecule has 6 N–H and O–H groups in total. The Morgan fingerprint density at radius 3 is 2.74 bits per heavy atom. The maximum Gasteiger partial charge on any atom is 0.178 e. The summed E-state index contributed by atoms with van der Waals surface area (Å²) in [5.41, 5.74) is 3.10. The minimum Gasteiger partial charge on any atom is -0.504 e. The Bertz CT molecular complexity index is 1080. The van der Waals surface area contributed by atoms with Crippen molar-refractivity contribution in [3.8, 4) is 11.5 Å². The van der Waals surface area contributed by atoms with E-state index in [0.29, 0.717) is 37.2 Å². The van der Waals surface area contributed by atoms with Crippen LogP contribution in [0.5, 0.6) is 11.5 Å². The van der Waals surface area contributed by atoms with Crippen LogP contribution in [0.4, 0.5) is 0 Å². The van der Waals surface area contributed by atoms with Gasteiger partial charge in [0.2, 0.25) is 0 Å². The zero-order valence-corrected chi connectivity index (χ0v) is 26.4. The highest BCUT2D eigenvalue weighted by Crippen LogP contribution is 2.40. The molecule has 0 aromatic heterocycles. The Balaban J connectivity index is 1.31. The van der Waals surface area contributed by atoms with E-state index in [4.69, 9.17) is 14.5 Å². The van der Waals surface area contributed by atoms with Crippen molar-refractivity contribution in [2.45, 2.75) is 96.3 Å². The van der Waals surface area contributed by atoms with Gasteiger partial charge in [0.1, 0.15) is 30.9 Å². The number of aliphatic imine (C=N–C) groups is 1. The lowest BCUT2D eigenvalue weighted by molar-refractivity contribution is -0.0550. The number of hydrogen-bond donors (Lipinski definition) is 5. The van der Waals surface area contributed by atoms with Crippen molar-refractivity contribution in [1.29, 1.82) is 0 Å². The molecule has 1 saturated carbocycles. The molecule has 0 bridgehead atoms. The Morgan fingerprint density at radius 1 is 1.21 bits per heavy atom. The van der Waals surface area contributed by atoms with Crippen LogP contribution in [0.2, 0.25) is 0 Å². The monoisotopic (exact) mass is 596 g/mol. The summed E-state index contributed by atoms with van der Waals surface area (Å²) >= 11 is 0. The standard InChI is InChI=1S/C35H53N3O5/c1-4-5-10-33-28(23-39)19-30(43-33)13-11-25-12-14-32(41)34(17-25)42-16-15-29-18-27(21-37-29)35(26-8-6-7-9-26)31(22-36-3)38-20-24(2)40/h12,14,17-19,21,24,26,31,33,35-36,38-40,43H,4-11,13,15-16,20,22-23H2,1-3H3/p+1/t24-,31-,33?,35-/m0/s1. The number of allylic oxidation sites excluding steroid dienone is 1. The molecule has 0 saturated heterocycles. The van der Waals surface area contributed by atoms with Gasteiger partial charge in [0.05, 0.1) is 24.5 Å². The third kappa shape index (κ3) is 9.75. The smallest absolute Gasteiger partial charge is 0.178 e. The molecule has 2 aliphatic heterocycles. The predicted molar refractivity (Wildman–Crippen MR) is 173 cm³/mol. The fraction of sp³-hybridized carbons (Fsp3) is 0.629. The lowest BCUT2D eigenvalue weighted by atomic mass is 9.76. The fourth-order valence-electron chi connectivity index (χ4n) is 6.69. The number of aliphatic hydroxyl groups is 4. The highest BCUT2D eigenvalue weighted by molar-refractivity contribution is 5.83. The van der Waals surface area contributed by atoms with Crippen LogP contribution in [0.1, 0.15) is 77.2 Å². The van der Waals surface area contributed by atoms with Crippen LogP contribution >= 0.6 is 0 Å². The van der Waals surface area contributed by atoms with Crippen molar-refractivity contribution in [2.75, 3.05) is 33.4 Å². The number of likely N-dealkylation sites (N-methyl/N-ethyl adjacent to an activating group) is 1. The van der Waals surface area contributed by atoms with Crippen LogP contribution in [0.3, 0.4) is 0 Å². The molecule has 4 rings (SSSR count). The molecule has 4 atom stereocenters. The Kier molecular flexibility index (Phi) is 13.3. The third-order valence-corrected chi connectivity index (χ3v) is 8.96. The molecule has 1 aliphatic carbocycles. The summed E-state index contributed by atoms with van der Waals surface area (Å²) in [6.45, 7) is 5.89. The van der Waals surface area contributed by atoms with Gasteiger partial charge in [-0.1, -0.05) is 32.3 Å². The highest BCUT2D eigenvalue weighted by Gasteiger charge is 2.42. The zero-order valence-electron chi connectivity index (χ0n) is 26.4. The van der Waals surface area contributed by atoms with Crippen molar-refractivity contribution in [2.24, 2.45) is 16.8 Å². The number of unbranched alkanes of at least 4 members (excludes halogenated alkanes) is 1. The van der Waals surface area contributed by atoms with E-state index in [-0.39, 0.29) is 30.6 Å². The van der Waals surface area contributed by atoms with E-state index in [9.17, 15) is 15.3 Å². The molecular weight excluding hydrogens is 542 g/mol. The first kappa shape index (κ1) is 33.4. The molecule has 1 aromatic rings. The van der Waals surface area contributed by atoms with Crippen LogP contribution in [-0.4, -0.2) is 77.9 Å². The second-order valence-electron chi connectivity index (χ2n) is 12.4. The molecule has 0 amide bonds. The number of phenols is 1. The number of ether oxygens (including phenoxy) is 2. The number of aliphatic hydroxyl groups excluding tert-OH is 2. The van der Waals surface area contributed by atoms with Crippen molar-refractivity contribution in [1.82, 2.24) is 10.6 Å². The van der Waals surface area contributed by atoms with E-state index in [1.807, 2.05) is 32.3 Å². The maximum absolute atomic E-state index is 10.5. The number of nitrogens with zero attached hydrogens (tertiary/aromatic N) is 1. The van der Waals surface area contributed by atoms with Crippen LogP contribution in [-0.2, 0) is 6.42 Å². The van der Waals surface area contributed by atoms with Gasteiger partial charge in [-0.2, -0.15) is 0 Å². The number of rotatable bonds is 19. The second kappa shape index (κ2) is 17.1. The van der Waals surface area contributed by atoms with Gasteiger partial charge < -0.3 is 35.4 Å². The van der Waals surface area contributed by atoms with Gasteiger partial charge in [-0.25, -0.2) is 0 Å². The van der Waals surface area contributed by atoms with E-state index < -0.39 is 0 Å². The van der Waals surface area contributed by atoms with Crippen molar-refractivity contribution < 1.29 is 24.8 Å². The number of hydrogen-bond acceptors (Lipinski definition) is 7. The summed E-state index contributed by atoms with van der Waals surface area (Å²) < 4.78 is 10.9. The largest absolute Gasteiger partial charge is 0.504 e. The summed E-state index contributed by atoms with van der Waals surface area (Å²) in [6.07, 6.45) is 17.5. The lowest BCUT2D eigenvalue weighted by Crippen LogP contribution is -2.49. The molecular formula is C35H54N3O5+. The minimum absolute atomic E-state index is 0.0654. The molecule has 8 nitrogen and oxygen atoms in total. The van der Waals surface area contributed by atoms with Crippen LogP contribution in [0, 0.1) is 23.9 Å². The molecule has 43 heavy (non-hydrogen) atoms. The lowest BCUT2D eigenvalue weighted by Gasteiger charge is -2.31. The molecule has 2 heterocycles. The average molecular weight is 597 g/mol. The third-order valence-electron chi connectivity index (χ3n) is 8.96. The zero-order chi connectivity index (χ0) is 30.6. The number of nitrogens with one attached hydrogen (secondary N) is 2. The summed E-state index contributed by atoms with van der Waals surface area (Å²) in [4.78, 5) is 4.75. The minimum atomic E-state index is -0.390. The molecule has 1 aromatic carbocycles. The number of aromatic hydroxyl groups is 1. The van der Waals surface area contributed by atoms with Gasteiger partial charge in [-0.3, -0.25) is 0 Å². The molecule has 0 spiro atoms. The van der Waals surface area contributed by atoms with E-state index in [0.717, 1.165) is 61.6 Å². The van der Waals surface area contributed by atoms with Gasteiger partial charge in [-0.05, 0) is 69.7 Å². The van der Waals surface area contributed by atoms with Gasteiger partial charge in [0.25, 0.3) is 0 Å². The van der Waals surface area contributed by atoms with Gasteiger partial charge in [0.15, 0.2) is 17.2 Å².